The Hall–Kier alpha value is -1.64. The highest BCUT2D eigenvalue weighted by Gasteiger charge is 2.10. The summed E-state index contributed by atoms with van der Waals surface area (Å²) in [5.41, 5.74) is 0. The van der Waals surface area contributed by atoms with Crippen LogP contribution in [0, 0.1) is 0 Å². The number of rotatable bonds is 8. The van der Waals surface area contributed by atoms with Crippen molar-refractivity contribution in [2.24, 2.45) is 0 Å². The quantitative estimate of drug-likeness (QED) is 0.717. The fourth-order valence-electron chi connectivity index (χ4n) is 1.27. The lowest BCUT2D eigenvalue weighted by Gasteiger charge is -2.11. The molecule has 0 aliphatic carbocycles. The van der Waals surface area contributed by atoms with Crippen molar-refractivity contribution < 1.29 is 13.2 Å². The third kappa shape index (κ3) is 5.55. The largest absolute Gasteiger partial charge is 0.461 e. The van der Waals surface area contributed by atoms with Crippen LogP contribution in [0.3, 0.4) is 0 Å². The fraction of sp³-hybridized carbons (Fsp3) is 0.727. The van der Waals surface area contributed by atoms with Crippen LogP contribution in [-0.4, -0.2) is 54.6 Å². The highest BCUT2D eigenvalue weighted by molar-refractivity contribution is 7.91. The number of nitrogens with one attached hydrogen (secondary N) is 2. The number of anilines is 2. The monoisotopic (exact) mass is 303 g/mol. The average Bonchev–Trinajstić information content (AvgIpc) is 2.37. The van der Waals surface area contributed by atoms with E-state index in [1.165, 1.54) is 0 Å². The van der Waals surface area contributed by atoms with Gasteiger partial charge in [-0.1, -0.05) is 6.92 Å². The molecule has 0 aliphatic rings. The maximum absolute atomic E-state index is 11.4. The van der Waals surface area contributed by atoms with Gasteiger partial charge in [-0.2, -0.15) is 15.0 Å². The summed E-state index contributed by atoms with van der Waals surface area (Å²) in [6.07, 6.45) is -0.0598. The summed E-state index contributed by atoms with van der Waals surface area (Å²) < 4.78 is 28.2. The molecule has 1 aromatic heterocycles. The van der Waals surface area contributed by atoms with Gasteiger partial charge in [-0.05, 0) is 13.8 Å². The van der Waals surface area contributed by atoms with Crippen LogP contribution in [0.1, 0.15) is 20.8 Å². The summed E-state index contributed by atoms with van der Waals surface area (Å²) in [7, 11) is -1.33. The third-order valence-corrected chi connectivity index (χ3v) is 4.02. The third-order valence-electron chi connectivity index (χ3n) is 2.32. The molecule has 1 heterocycles. The lowest BCUT2D eigenvalue weighted by Crippen LogP contribution is -2.19. The molecule has 8 nitrogen and oxygen atoms in total. The van der Waals surface area contributed by atoms with E-state index in [0.29, 0.717) is 5.95 Å². The van der Waals surface area contributed by atoms with Crippen LogP contribution in [0.5, 0.6) is 6.01 Å². The number of hydrogen-bond acceptors (Lipinski definition) is 8. The first-order chi connectivity index (χ1) is 9.36. The first-order valence-electron chi connectivity index (χ1n) is 6.41. The van der Waals surface area contributed by atoms with Gasteiger partial charge in [0.05, 0.1) is 11.9 Å². The van der Waals surface area contributed by atoms with Gasteiger partial charge in [-0.25, -0.2) is 8.42 Å². The Labute approximate surface area is 119 Å². The maximum Gasteiger partial charge on any atom is 0.323 e. The van der Waals surface area contributed by atoms with Gasteiger partial charge < -0.3 is 15.4 Å². The molecule has 0 atom stereocenters. The zero-order valence-electron chi connectivity index (χ0n) is 12.2. The van der Waals surface area contributed by atoms with Gasteiger partial charge in [0.25, 0.3) is 0 Å². The van der Waals surface area contributed by atoms with E-state index in [0.717, 1.165) is 0 Å². The molecule has 1 rings (SSSR count). The van der Waals surface area contributed by atoms with Crippen LogP contribution in [0.15, 0.2) is 0 Å². The molecule has 0 aliphatic heterocycles. The second kappa shape index (κ2) is 7.22. The van der Waals surface area contributed by atoms with E-state index < -0.39 is 9.84 Å². The Balaban J connectivity index is 2.73. The van der Waals surface area contributed by atoms with E-state index in [1.807, 2.05) is 13.8 Å². The SMILES string of the molecule is CCS(=O)(=O)CCNc1nc(NC)nc(OC(C)C)n1. The van der Waals surface area contributed by atoms with Crippen LogP contribution < -0.4 is 15.4 Å². The van der Waals surface area contributed by atoms with Crippen molar-refractivity contribution in [3.63, 3.8) is 0 Å². The number of aromatic nitrogens is 3. The van der Waals surface area contributed by atoms with Gasteiger partial charge in [0.2, 0.25) is 11.9 Å². The number of ether oxygens (including phenoxy) is 1. The highest BCUT2D eigenvalue weighted by atomic mass is 32.2. The molecule has 1 aromatic rings. The van der Waals surface area contributed by atoms with Crippen molar-refractivity contribution in [1.82, 2.24) is 15.0 Å². The lowest BCUT2D eigenvalue weighted by atomic mass is 10.5. The van der Waals surface area contributed by atoms with Gasteiger partial charge in [-0.15, -0.1) is 0 Å². The Morgan fingerprint density at radius 1 is 1.20 bits per heavy atom. The fourth-order valence-corrected chi connectivity index (χ4v) is 1.98. The smallest absolute Gasteiger partial charge is 0.323 e. The summed E-state index contributed by atoms with van der Waals surface area (Å²) >= 11 is 0. The molecule has 0 spiro atoms. The first kappa shape index (κ1) is 16.4. The highest BCUT2D eigenvalue weighted by Crippen LogP contribution is 2.12. The molecule has 114 valence electrons. The molecule has 2 N–H and O–H groups in total. The Bertz CT molecular complexity index is 533. The van der Waals surface area contributed by atoms with E-state index in [-0.39, 0.29) is 36.1 Å². The van der Waals surface area contributed by atoms with Crippen molar-refractivity contribution in [3.8, 4) is 6.01 Å². The van der Waals surface area contributed by atoms with E-state index in [4.69, 9.17) is 4.74 Å². The molecule has 0 saturated heterocycles. The topological polar surface area (TPSA) is 106 Å². The van der Waals surface area contributed by atoms with Crippen LogP contribution in [0.2, 0.25) is 0 Å². The summed E-state index contributed by atoms with van der Waals surface area (Å²) in [6, 6.07) is 0.195. The van der Waals surface area contributed by atoms with E-state index >= 15 is 0 Å². The molecule has 0 saturated carbocycles. The molecular formula is C11H21N5O3S. The van der Waals surface area contributed by atoms with Crippen molar-refractivity contribution in [2.75, 3.05) is 35.7 Å². The molecule has 20 heavy (non-hydrogen) atoms. The van der Waals surface area contributed by atoms with Gasteiger partial charge in [0, 0.05) is 19.3 Å². The van der Waals surface area contributed by atoms with Crippen molar-refractivity contribution in [3.05, 3.63) is 0 Å². The predicted octanol–water partition coefficient (Wildman–Crippen LogP) is 0.547. The Kier molecular flexibility index (Phi) is 5.93. The molecule has 0 aromatic carbocycles. The number of nitrogens with zero attached hydrogens (tertiary/aromatic N) is 3. The van der Waals surface area contributed by atoms with E-state index in [2.05, 4.69) is 25.6 Å². The van der Waals surface area contributed by atoms with E-state index in [1.54, 1.807) is 14.0 Å². The minimum Gasteiger partial charge on any atom is -0.461 e. The summed E-state index contributed by atoms with van der Waals surface area (Å²) in [6.45, 7) is 5.59. The minimum atomic E-state index is -3.02. The maximum atomic E-state index is 11.4. The average molecular weight is 303 g/mol. The van der Waals surface area contributed by atoms with Crippen LogP contribution >= 0.6 is 0 Å². The molecule has 9 heteroatoms. The molecule has 0 radical (unpaired) electrons. The van der Waals surface area contributed by atoms with E-state index in [9.17, 15) is 8.42 Å². The summed E-state index contributed by atoms with van der Waals surface area (Å²) in [4.78, 5) is 12.2. The summed E-state index contributed by atoms with van der Waals surface area (Å²) in [5.74, 6) is 0.794. The molecule has 0 amide bonds. The summed E-state index contributed by atoms with van der Waals surface area (Å²) in [5, 5.41) is 5.66. The Morgan fingerprint density at radius 3 is 2.40 bits per heavy atom. The van der Waals surface area contributed by atoms with Gasteiger partial charge >= 0.3 is 6.01 Å². The second-order valence-corrected chi connectivity index (χ2v) is 6.82. The van der Waals surface area contributed by atoms with Gasteiger partial charge in [0.1, 0.15) is 0 Å². The van der Waals surface area contributed by atoms with Crippen molar-refractivity contribution in [2.45, 2.75) is 26.9 Å². The molecule has 0 bridgehead atoms. The van der Waals surface area contributed by atoms with Crippen molar-refractivity contribution in [1.29, 1.82) is 0 Å². The number of hydrogen-bond donors (Lipinski definition) is 2. The van der Waals surface area contributed by atoms with Crippen LogP contribution in [0.25, 0.3) is 0 Å². The first-order valence-corrected chi connectivity index (χ1v) is 8.23. The molecular weight excluding hydrogens is 282 g/mol. The lowest BCUT2D eigenvalue weighted by molar-refractivity contribution is 0.222. The van der Waals surface area contributed by atoms with Crippen molar-refractivity contribution >= 4 is 21.7 Å². The zero-order chi connectivity index (χ0) is 15.2. The van der Waals surface area contributed by atoms with Crippen LogP contribution in [0.4, 0.5) is 11.9 Å². The second-order valence-electron chi connectivity index (χ2n) is 4.34. The zero-order valence-corrected chi connectivity index (χ0v) is 13.0. The van der Waals surface area contributed by atoms with Gasteiger partial charge in [0.15, 0.2) is 9.84 Å². The van der Waals surface area contributed by atoms with Gasteiger partial charge in [-0.3, -0.25) is 0 Å². The van der Waals surface area contributed by atoms with Crippen LogP contribution in [-0.2, 0) is 9.84 Å². The normalized spacial score (nSPS) is 11.4. The Morgan fingerprint density at radius 2 is 1.85 bits per heavy atom. The number of sulfone groups is 1. The minimum absolute atomic E-state index is 0.0322. The molecule has 0 unspecified atom stereocenters. The predicted molar refractivity (Wildman–Crippen MR) is 78.0 cm³/mol. The molecule has 0 fully saturated rings. The standard InChI is InChI=1S/C11H21N5O3S/c1-5-20(17,18)7-6-13-10-14-9(12-4)15-11(16-10)19-8(2)3/h8H,5-7H2,1-4H3,(H2,12,13,14,15,16).